The molecule has 3 amide bonds. The molecule has 0 spiro atoms. The van der Waals surface area contributed by atoms with Crippen molar-refractivity contribution in [1.82, 2.24) is 9.91 Å². The van der Waals surface area contributed by atoms with Gasteiger partial charge in [0.1, 0.15) is 24.8 Å². The van der Waals surface area contributed by atoms with E-state index in [1.165, 1.54) is 24.3 Å². The molecule has 1 aromatic carbocycles. The van der Waals surface area contributed by atoms with E-state index in [4.69, 9.17) is 9.84 Å². The molecule has 1 fully saturated rings. The van der Waals surface area contributed by atoms with Gasteiger partial charge in [-0.15, -0.1) is 0 Å². The zero-order chi connectivity index (χ0) is 18.6. The van der Waals surface area contributed by atoms with Crippen molar-refractivity contribution in [2.75, 3.05) is 13.3 Å². The van der Waals surface area contributed by atoms with Crippen molar-refractivity contribution in [1.29, 1.82) is 0 Å². The zero-order valence-electron chi connectivity index (χ0n) is 13.0. The van der Waals surface area contributed by atoms with Crippen molar-refractivity contribution in [3.63, 3.8) is 0 Å². The lowest BCUT2D eigenvalue weighted by atomic mass is 10.2. The van der Waals surface area contributed by atoms with E-state index in [0.29, 0.717) is 10.5 Å². The average molecular weight is 346 g/mol. The fourth-order valence-electron chi connectivity index (χ4n) is 1.90. The third kappa shape index (κ3) is 4.06. The smallest absolute Gasteiger partial charge is 0.349 e. The minimum Gasteiger partial charge on any atom is -0.456 e. The first-order valence-corrected chi connectivity index (χ1v) is 6.90. The van der Waals surface area contributed by atoms with Crippen molar-refractivity contribution in [3.05, 3.63) is 58.9 Å². The van der Waals surface area contributed by atoms with Gasteiger partial charge in [-0.25, -0.2) is 14.7 Å². The van der Waals surface area contributed by atoms with Crippen molar-refractivity contribution in [3.8, 4) is 0 Å². The highest BCUT2D eigenvalue weighted by atomic mass is 16.6. The number of carbonyl (C=O) groups is 2. The molecule has 1 aromatic rings. The van der Waals surface area contributed by atoms with E-state index in [1.54, 1.807) is 0 Å². The number of hydrogen-bond donors (Lipinski definition) is 1. The second-order valence-corrected chi connectivity index (χ2v) is 4.84. The number of hydrazone groups is 1. The minimum absolute atomic E-state index is 0.0334. The van der Waals surface area contributed by atoms with E-state index in [9.17, 15) is 19.7 Å². The summed E-state index contributed by atoms with van der Waals surface area (Å²) in [5, 5.41) is 24.1. The highest BCUT2D eigenvalue weighted by Crippen LogP contribution is 2.20. The number of carbonyl (C=O) groups excluding carboxylic acids is 2. The Morgan fingerprint density at radius 1 is 1.36 bits per heavy atom. The van der Waals surface area contributed by atoms with Crippen LogP contribution in [-0.2, 0) is 9.53 Å². The number of amides is 3. The summed E-state index contributed by atoms with van der Waals surface area (Å²) < 4.78 is 5.32. The first-order valence-electron chi connectivity index (χ1n) is 6.90. The van der Waals surface area contributed by atoms with Crippen LogP contribution in [0.2, 0.25) is 0 Å². The van der Waals surface area contributed by atoms with E-state index < -0.39 is 23.6 Å². The van der Waals surface area contributed by atoms with E-state index in [2.05, 4.69) is 18.3 Å². The highest BCUT2D eigenvalue weighted by molar-refractivity contribution is 6.02. The van der Waals surface area contributed by atoms with E-state index in [1.807, 2.05) is 0 Å². The Labute approximate surface area is 142 Å². The topological polar surface area (TPSA) is 126 Å². The molecule has 0 aromatic heterocycles. The van der Waals surface area contributed by atoms with Crippen LogP contribution >= 0.6 is 0 Å². The SMILES string of the molecule is C=C(/C=N/N1CC(=O)N(CO)C1=O)OC(=C)c1ccc([N+](=O)[O-])cc1. The van der Waals surface area contributed by atoms with Crippen molar-refractivity contribution in [2.24, 2.45) is 5.10 Å². The summed E-state index contributed by atoms with van der Waals surface area (Å²) in [7, 11) is 0. The number of nitro benzene ring substituents is 1. The number of non-ortho nitro benzene ring substituents is 1. The molecule has 1 saturated heterocycles. The Morgan fingerprint density at radius 2 is 2.00 bits per heavy atom. The quantitative estimate of drug-likeness (QED) is 0.261. The second kappa shape index (κ2) is 7.36. The van der Waals surface area contributed by atoms with Crippen LogP contribution in [-0.4, -0.2) is 51.4 Å². The summed E-state index contributed by atoms with van der Waals surface area (Å²) in [4.78, 5) is 33.8. The van der Waals surface area contributed by atoms with Gasteiger partial charge in [0.2, 0.25) is 0 Å². The Hall–Kier alpha value is -3.53. The fourth-order valence-corrected chi connectivity index (χ4v) is 1.90. The molecule has 10 heteroatoms. The molecule has 1 aliphatic rings. The van der Waals surface area contributed by atoms with Crippen molar-refractivity contribution in [2.45, 2.75) is 0 Å². The van der Waals surface area contributed by atoms with Crippen LogP contribution in [0.3, 0.4) is 0 Å². The summed E-state index contributed by atoms with van der Waals surface area (Å²) in [6, 6.07) is 4.78. The molecule has 0 saturated carbocycles. The monoisotopic (exact) mass is 346 g/mol. The molecule has 0 radical (unpaired) electrons. The molecule has 1 heterocycles. The van der Waals surface area contributed by atoms with Crippen LogP contribution in [0.15, 0.2) is 48.3 Å². The zero-order valence-corrected chi connectivity index (χ0v) is 13.0. The molecule has 0 bridgehead atoms. The standard InChI is InChI=1S/C15H14N4O6/c1-10(7-16-18-8-14(21)17(9-20)15(18)22)25-11(2)12-3-5-13(6-4-12)19(23)24/h3-7,20H,1-2,8-9H2/b16-7+. The predicted molar refractivity (Wildman–Crippen MR) is 86.9 cm³/mol. The lowest BCUT2D eigenvalue weighted by Crippen LogP contribution is -2.32. The van der Waals surface area contributed by atoms with E-state index in [-0.39, 0.29) is 23.8 Å². The molecule has 10 nitrogen and oxygen atoms in total. The van der Waals surface area contributed by atoms with Crippen LogP contribution < -0.4 is 0 Å². The number of nitro groups is 1. The second-order valence-electron chi connectivity index (χ2n) is 4.84. The number of allylic oxidation sites excluding steroid dienone is 1. The van der Waals surface area contributed by atoms with Crippen LogP contribution in [0.5, 0.6) is 0 Å². The third-order valence-electron chi connectivity index (χ3n) is 3.17. The molecular formula is C15H14N4O6. The number of nitrogens with zero attached hydrogens (tertiary/aromatic N) is 4. The molecule has 0 aliphatic carbocycles. The first-order chi connectivity index (χ1) is 11.8. The molecule has 0 atom stereocenters. The maximum Gasteiger partial charge on any atom is 0.349 e. The number of urea groups is 1. The normalized spacial score (nSPS) is 14.3. The summed E-state index contributed by atoms with van der Waals surface area (Å²) >= 11 is 0. The predicted octanol–water partition coefficient (Wildman–Crippen LogP) is 1.30. The number of rotatable bonds is 7. The Balaban J connectivity index is 1.95. The van der Waals surface area contributed by atoms with Crippen molar-refractivity contribution < 1.29 is 24.4 Å². The van der Waals surface area contributed by atoms with Crippen LogP contribution in [0.25, 0.3) is 5.76 Å². The summed E-state index contributed by atoms with van der Waals surface area (Å²) in [5.74, 6) is -0.371. The molecule has 2 rings (SSSR count). The molecule has 1 N–H and O–H groups in total. The fraction of sp³-hybridized carbons (Fsp3) is 0.133. The number of aliphatic hydroxyl groups excluding tert-OH is 1. The molecular weight excluding hydrogens is 332 g/mol. The summed E-state index contributed by atoms with van der Waals surface area (Å²) in [6.45, 7) is 6.24. The largest absolute Gasteiger partial charge is 0.456 e. The number of hydrogen-bond acceptors (Lipinski definition) is 7. The molecule has 1 aliphatic heterocycles. The molecule has 130 valence electrons. The molecule has 25 heavy (non-hydrogen) atoms. The van der Waals surface area contributed by atoms with Gasteiger partial charge in [-0.05, 0) is 12.1 Å². The van der Waals surface area contributed by atoms with Gasteiger partial charge < -0.3 is 9.84 Å². The Bertz CT molecular complexity index is 771. The van der Waals surface area contributed by atoms with Gasteiger partial charge in [-0.3, -0.25) is 14.9 Å². The maximum atomic E-state index is 11.7. The van der Waals surface area contributed by atoms with E-state index in [0.717, 1.165) is 11.2 Å². The lowest BCUT2D eigenvalue weighted by Gasteiger charge is -2.11. The molecule has 0 unspecified atom stereocenters. The number of benzene rings is 1. The van der Waals surface area contributed by atoms with Gasteiger partial charge >= 0.3 is 6.03 Å². The number of aliphatic hydroxyl groups is 1. The van der Waals surface area contributed by atoms with Gasteiger partial charge in [0.25, 0.3) is 11.6 Å². The van der Waals surface area contributed by atoms with Crippen LogP contribution in [0.4, 0.5) is 10.5 Å². The van der Waals surface area contributed by atoms with E-state index >= 15 is 0 Å². The third-order valence-corrected chi connectivity index (χ3v) is 3.17. The maximum absolute atomic E-state index is 11.7. The minimum atomic E-state index is -0.759. The Kier molecular flexibility index (Phi) is 5.25. The Morgan fingerprint density at radius 3 is 2.52 bits per heavy atom. The van der Waals surface area contributed by atoms with Crippen LogP contribution in [0, 0.1) is 10.1 Å². The average Bonchev–Trinajstić information content (AvgIpc) is 2.86. The number of imide groups is 1. The first kappa shape index (κ1) is 17.8. The van der Waals surface area contributed by atoms with Gasteiger partial charge in [-0.2, -0.15) is 5.10 Å². The van der Waals surface area contributed by atoms with Gasteiger partial charge in [0.15, 0.2) is 0 Å². The summed E-state index contributed by atoms with van der Waals surface area (Å²) in [5.41, 5.74) is 0.432. The number of ether oxygens (including phenoxy) is 1. The highest BCUT2D eigenvalue weighted by Gasteiger charge is 2.35. The summed E-state index contributed by atoms with van der Waals surface area (Å²) in [6.07, 6.45) is 1.11. The van der Waals surface area contributed by atoms with Gasteiger partial charge in [-0.1, -0.05) is 13.2 Å². The van der Waals surface area contributed by atoms with Crippen molar-refractivity contribution >= 4 is 29.6 Å². The van der Waals surface area contributed by atoms with Gasteiger partial charge in [0, 0.05) is 17.7 Å². The lowest BCUT2D eigenvalue weighted by molar-refractivity contribution is -0.384. The van der Waals surface area contributed by atoms with Crippen LogP contribution in [0.1, 0.15) is 5.56 Å². The van der Waals surface area contributed by atoms with Gasteiger partial charge in [0.05, 0.1) is 11.1 Å².